The molecule has 0 atom stereocenters. The first-order valence-corrected chi connectivity index (χ1v) is 7.78. The largest absolute Gasteiger partial charge is 0.497 e. The third-order valence-corrected chi connectivity index (χ3v) is 3.55. The number of benzene rings is 2. The summed E-state index contributed by atoms with van der Waals surface area (Å²) in [5, 5.41) is 5.32. The number of methoxy groups -OCH3 is 1. The van der Waals surface area contributed by atoms with Crippen LogP contribution in [0.1, 0.15) is 29.3 Å². The first-order valence-electron chi connectivity index (χ1n) is 7.78. The first-order chi connectivity index (χ1) is 12.0. The van der Waals surface area contributed by atoms with Gasteiger partial charge in [-0.2, -0.15) is 0 Å². The van der Waals surface area contributed by atoms with Crippen LogP contribution in [-0.2, 0) is 16.1 Å². The molecule has 0 aromatic heterocycles. The van der Waals surface area contributed by atoms with Gasteiger partial charge in [0.05, 0.1) is 7.11 Å². The Kier molecular flexibility index (Phi) is 6.28. The standard InChI is InChI=1S/C19H20N2O4/c1-13(22)15-5-7-16(8-6-15)21-19(24)11-18(23)20-12-14-3-9-17(25-2)10-4-14/h3-10H,11-12H2,1-2H3,(H,20,23)(H,21,24). The zero-order chi connectivity index (χ0) is 18.2. The van der Waals surface area contributed by atoms with E-state index in [1.165, 1.54) is 6.92 Å². The van der Waals surface area contributed by atoms with E-state index in [1.54, 1.807) is 43.5 Å². The summed E-state index contributed by atoms with van der Waals surface area (Å²) in [5.74, 6) is -0.0856. The highest BCUT2D eigenvalue weighted by atomic mass is 16.5. The van der Waals surface area contributed by atoms with E-state index in [-0.39, 0.29) is 18.1 Å². The monoisotopic (exact) mass is 340 g/mol. The van der Waals surface area contributed by atoms with Crippen LogP contribution in [0.15, 0.2) is 48.5 Å². The van der Waals surface area contributed by atoms with Crippen molar-refractivity contribution < 1.29 is 19.1 Å². The molecule has 2 aromatic carbocycles. The van der Waals surface area contributed by atoms with Crippen molar-refractivity contribution in [3.05, 3.63) is 59.7 Å². The summed E-state index contributed by atoms with van der Waals surface area (Å²) >= 11 is 0. The van der Waals surface area contributed by atoms with E-state index in [0.717, 1.165) is 11.3 Å². The van der Waals surface area contributed by atoms with Crippen molar-refractivity contribution in [3.63, 3.8) is 0 Å². The highest BCUT2D eigenvalue weighted by molar-refractivity contribution is 6.03. The normalized spacial score (nSPS) is 10.0. The molecule has 2 rings (SSSR count). The van der Waals surface area contributed by atoms with Crippen LogP contribution in [0, 0.1) is 0 Å². The smallest absolute Gasteiger partial charge is 0.233 e. The van der Waals surface area contributed by atoms with Crippen molar-refractivity contribution in [2.24, 2.45) is 0 Å². The Hall–Kier alpha value is -3.15. The molecule has 0 heterocycles. The van der Waals surface area contributed by atoms with E-state index in [1.807, 2.05) is 12.1 Å². The number of rotatable bonds is 7. The molecular formula is C19H20N2O4. The van der Waals surface area contributed by atoms with Gasteiger partial charge in [-0.15, -0.1) is 0 Å². The predicted molar refractivity (Wildman–Crippen MR) is 94.5 cm³/mol. The molecule has 0 aliphatic rings. The molecule has 6 nitrogen and oxygen atoms in total. The van der Waals surface area contributed by atoms with Crippen LogP contribution in [0.25, 0.3) is 0 Å². The van der Waals surface area contributed by atoms with Crippen molar-refractivity contribution in [2.45, 2.75) is 19.9 Å². The van der Waals surface area contributed by atoms with Gasteiger partial charge in [-0.1, -0.05) is 12.1 Å². The minimum Gasteiger partial charge on any atom is -0.497 e. The van der Waals surface area contributed by atoms with Crippen molar-refractivity contribution in [3.8, 4) is 5.75 Å². The zero-order valence-electron chi connectivity index (χ0n) is 14.2. The Morgan fingerprint density at radius 3 is 2.12 bits per heavy atom. The van der Waals surface area contributed by atoms with Gasteiger partial charge in [-0.25, -0.2) is 0 Å². The van der Waals surface area contributed by atoms with E-state index in [4.69, 9.17) is 4.74 Å². The van der Waals surface area contributed by atoms with E-state index in [9.17, 15) is 14.4 Å². The fourth-order valence-corrected chi connectivity index (χ4v) is 2.15. The van der Waals surface area contributed by atoms with Gasteiger partial charge in [0, 0.05) is 17.8 Å². The molecule has 0 fully saturated rings. The number of ether oxygens (including phenoxy) is 1. The lowest BCUT2D eigenvalue weighted by Crippen LogP contribution is -2.27. The maximum atomic E-state index is 11.9. The Bertz CT molecular complexity index is 752. The van der Waals surface area contributed by atoms with Crippen LogP contribution in [0.4, 0.5) is 5.69 Å². The molecule has 0 radical (unpaired) electrons. The summed E-state index contributed by atoms with van der Waals surface area (Å²) in [4.78, 5) is 34.9. The lowest BCUT2D eigenvalue weighted by atomic mass is 10.1. The van der Waals surface area contributed by atoms with Gasteiger partial charge in [-0.3, -0.25) is 14.4 Å². The number of amides is 2. The number of ketones is 1. The van der Waals surface area contributed by atoms with Gasteiger partial charge in [0.2, 0.25) is 11.8 Å². The average molecular weight is 340 g/mol. The molecule has 25 heavy (non-hydrogen) atoms. The summed E-state index contributed by atoms with van der Waals surface area (Å²) in [6, 6.07) is 13.8. The molecule has 0 aliphatic heterocycles. The lowest BCUT2D eigenvalue weighted by molar-refractivity contribution is -0.126. The Balaban J connectivity index is 1.79. The predicted octanol–water partition coefficient (Wildman–Crippen LogP) is 2.54. The van der Waals surface area contributed by atoms with Crippen LogP contribution in [0.2, 0.25) is 0 Å². The number of Topliss-reactive ketones (excluding diaryl/α,β-unsaturated/α-hetero) is 1. The van der Waals surface area contributed by atoms with Crippen LogP contribution < -0.4 is 15.4 Å². The molecule has 2 aromatic rings. The molecule has 2 amide bonds. The van der Waals surface area contributed by atoms with Crippen LogP contribution in [0.3, 0.4) is 0 Å². The number of hydrogen-bond donors (Lipinski definition) is 2. The van der Waals surface area contributed by atoms with Gasteiger partial charge >= 0.3 is 0 Å². The Morgan fingerprint density at radius 2 is 1.56 bits per heavy atom. The minimum atomic E-state index is -0.414. The summed E-state index contributed by atoms with van der Waals surface area (Å²) in [6.07, 6.45) is -0.273. The number of nitrogens with one attached hydrogen (secondary N) is 2. The average Bonchev–Trinajstić information content (AvgIpc) is 2.60. The summed E-state index contributed by atoms with van der Waals surface area (Å²) in [6.45, 7) is 1.81. The van der Waals surface area contributed by atoms with Gasteiger partial charge in [0.25, 0.3) is 0 Å². The van der Waals surface area contributed by atoms with Crippen LogP contribution in [0.5, 0.6) is 5.75 Å². The fraction of sp³-hybridized carbons (Fsp3) is 0.211. The fourth-order valence-electron chi connectivity index (χ4n) is 2.15. The molecule has 130 valence electrons. The van der Waals surface area contributed by atoms with E-state index in [0.29, 0.717) is 17.8 Å². The Morgan fingerprint density at radius 1 is 0.920 bits per heavy atom. The minimum absolute atomic E-state index is 0.0456. The van der Waals surface area contributed by atoms with Crippen LogP contribution in [-0.4, -0.2) is 24.7 Å². The number of hydrogen-bond acceptors (Lipinski definition) is 4. The second-order valence-corrected chi connectivity index (χ2v) is 5.48. The number of carbonyl (C=O) groups is 3. The molecular weight excluding hydrogens is 320 g/mol. The summed E-state index contributed by atoms with van der Waals surface area (Å²) in [5.41, 5.74) is 2.02. The highest BCUT2D eigenvalue weighted by Crippen LogP contribution is 2.12. The van der Waals surface area contributed by atoms with Crippen molar-refractivity contribution >= 4 is 23.3 Å². The van der Waals surface area contributed by atoms with Gasteiger partial charge in [0.15, 0.2) is 5.78 Å². The third-order valence-electron chi connectivity index (χ3n) is 3.55. The molecule has 0 saturated carbocycles. The quantitative estimate of drug-likeness (QED) is 0.599. The summed E-state index contributed by atoms with van der Waals surface area (Å²) in [7, 11) is 1.59. The lowest BCUT2D eigenvalue weighted by Gasteiger charge is -2.08. The maximum absolute atomic E-state index is 11.9. The van der Waals surface area contributed by atoms with E-state index >= 15 is 0 Å². The van der Waals surface area contributed by atoms with Crippen LogP contribution >= 0.6 is 0 Å². The topological polar surface area (TPSA) is 84.5 Å². The van der Waals surface area contributed by atoms with Crippen molar-refractivity contribution in [1.29, 1.82) is 0 Å². The number of carbonyl (C=O) groups excluding carboxylic acids is 3. The van der Waals surface area contributed by atoms with Gasteiger partial charge in [-0.05, 0) is 48.9 Å². The van der Waals surface area contributed by atoms with Crippen molar-refractivity contribution in [2.75, 3.05) is 12.4 Å². The van der Waals surface area contributed by atoms with E-state index < -0.39 is 5.91 Å². The maximum Gasteiger partial charge on any atom is 0.233 e. The second-order valence-electron chi connectivity index (χ2n) is 5.48. The molecule has 0 spiro atoms. The molecule has 0 aliphatic carbocycles. The SMILES string of the molecule is COc1ccc(CNC(=O)CC(=O)Nc2ccc(C(C)=O)cc2)cc1. The Labute approximate surface area is 146 Å². The molecule has 0 unspecified atom stereocenters. The molecule has 0 saturated heterocycles. The first kappa shape index (κ1) is 18.2. The molecule has 6 heteroatoms. The highest BCUT2D eigenvalue weighted by Gasteiger charge is 2.10. The van der Waals surface area contributed by atoms with Crippen molar-refractivity contribution in [1.82, 2.24) is 5.32 Å². The van der Waals surface area contributed by atoms with E-state index in [2.05, 4.69) is 10.6 Å². The van der Waals surface area contributed by atoms with Gasteiger partial charge in [0.1, 0.15) is 12.2 Å². The second kappa shape index (κ2) is 8.63. The number of anilines is 1. The molecule has 2 N–H and O–H groups in total. The van der Waals surface area contributed by atoms with Gasteiger partial charge < -0.3 is 15.4 Å². The third kappa shape index (κ3) is 5.76. The molecule has 0 bridgehead atoms. The zero-order valence-corrected chi connectivity index (χ0v) is 14.2. The summed E-state index contributed by atoms with van der Waals surface area (Å²) < 4.78 is 5.07.